The first-order valence-electron chi connectivity index (χ1n) is 27.9. The van der Waals surface area contributed by atoms with E-state index in [2.05, 4.69) is 13.0 Å². The maximum atomic E-state index is 13.6. The topological polar surface area (TPSA) is 241 Å². The molecule has 0 aromatic heterocycles. The van der Waals surface area contributed by atoms with Crippen molar-refractivity contribution in [2.45, 2.75) is 262 Å². The van der Waals surface area contributed by atoms with E-state index in [0.29, 0.717) is 57.8 Å². The van der Waals surface area contributed by atoms with E-state index in [1.165, 1.54) is 21.0 Å². The van der Waals surface area contributed by atoms with Crippen LogP contribution in [-0.4, -0.2) is 190 Å². The lowest BCUT2D eigenvalue weighted by atomic mass is 9.44. The van der Waals surface area contributed by atoms with E-state index in [1.807, 2.05) is 41.5 Å². The van der Waals surface area contributed by atoms with Crippen LogP contribution in [0.25, 0.3) is 0 Å². The Hall–Kier alpha value is -2.25. The fraction of sp³-hybridized carbons (Fsp3) is 0.911. The van der Waals surface area contributed by atoms with Crippen LogP contribution >= 0.6 is 0 Å². The number of hydrogen-bond acceptors (Lipinski definition) is 20. The van der Waals surface area contributed by atoms with Crippen LogP contribution in [0.2, 0.25) is 0 Å². The second-order valence-corrected chi connectivity index (χ2v) is 24.0. The van der Waals surface area contributed by atoms with Gasteiger partial charge in [0, 0.05) is 78.3 Å². The lowest BCUT2D eigenvalue weighted by Gasteiger charge is -2.64. The van der Waals surface area contributed by atoms with Crippen molar-refractivity contribution in [1.29, 1.82) is 0 Å². The molecule has 0 bridgehead atoms. The minimum atomic E-state index is -1.36. The summed E-state index contributed by atoms with van der Waals surface area (Å²) in [6.07, 6.45) is -6.82. The largest absolute Gasteiger partial charge is 0.458 e. The number of aliphatic hydroxyl groups is 3. The molecule has 0 radical (unpaired) electrons. The number of carbonyl (C=O) groups excluding carboxylic acids is 3. The Labute approximate surface area is 449 Å². The van der Waals surface area contributed by atoms with Gasteiger partial charge in [-0.2, -0.15) is 0 Å². The number of rotatable bonds is 17. The molecule has 4 aliphatic carbocycles. The number of hydrogen-bond donors (Lipinski definition) is 3. The summed E-state index contributed by atoms with van der Waals surface area (Å²) < 4.78 is 87.6. The minimum Gasteiger partial charge on any atom is -0.458 e. The van der Waals surface area contributed by atoms with Crippen molar-refractivity contribution in [2.75, 3.05) is 28.4 Å². The highest BCUT2D eigenvalue weighted by molar-refractivity contribution is 5.80. The molecule has 0 aromatic carbocycles. The van der Waals surface area contributed by atoms with Gasteiger partial charge < -0.3 is 81.6 Å². The SMILES string of the molecule is CO[C@H]1[C@@H](O)[C@@H](C)O[C@H](O[C@H]2[C@@H](C)O[C@H](O[C@@H]3[C@H](C)O[C@H](O[C@H]4[C@@H](OC)C[C@@H](O[C@H]5CC[C@@]6(C)C(=CC[C@@H]7[C@H]6[C@@H](OC(C)=O)[C@H](OC(=O)CC(C)C)[C@@]6(C)[C@@H](C(C)=O)CC[C@]76O)C5)O[C@@H]4C)C[C@H]3OC)C[C@H]2OC)[C@@H]1O. The normalized spacial score (nSPS) is 48.5. The van der Waals surface area contributed by atoms with Gasteiger partial charge in [0.25, 0.3) is 0 Å². The van der Waals surface area contributed by atoms with Crippen LogP contribution < -0.4 is 0 Å². The van der Waals surface area contributed by atoms with Gasteiger partial charge in [-0.25, -0.2) is 0 Å². The molecule has 7 fully saturated rings. The number of allylic oxidation sites excluding steroid dienone is 1. The summed E-state index contributed by atoms with van der Waals surface area (Å²) in [5.41, 5.74) is -1.94. The van der Waals surface area contributed by atoms with Gasteiger partial charge in [-0.3, -0.25) is 14.4 Å². The van der Waals surface area contributed by atoms with Crippen LogP contribution in [0.4, 0.5) is 0 Å². The third-order valence-corrected chi connectivity index (χ3v) is 19.0. The molecular formula is C56H90O20. The summed E-state index contributed by atoms with van der Waals surface area (Å²) >= 11 is 0. The zero-order valence-electron chi connectivity index (χ0n) is 47.3. The van der Waals surface area contributed by atoms with Crippen LogP contribution in [0, 0.1) is 34.5 Å². The van der Waals surface area contributed by atoms with E-state index in [0.717, 1.165) is 5.57 Å². The van der Waals surface area contributed by atoms with E-state index in [9.17, 15) is 29.7 Å². The van der Waals surface area contributed by atoms with Crippen molar-refractivity contribution in [3.05, 3.63) is 11.6 Å². The van der Waals surface area contributed by atoms with E-state index < -0.39 is 157 Å². The number of fused-ring (bicyclic) bond motifs is 5. The molecule has 8 rings (SSSR count). The van der Waals surface area contributed by atoms with Gasteiger partial charge in [-0.15, -0.1) is 0 Å². The maximum Gasteiger partial charge on any atom is 0.306 e. The second kappa shape index (κ2) is 24.1. The summed E-state index contributed by atoms with van der Waals surface area (Å²) in [6, 6.07) is 0. The van der Waals surface area contributed by atoms with Crippen molar-refractivity contribution in [2.24, 2.45) is 34.5 Å². The zero-order chi connectivity index (χ0) is 55.3. The third kappa shape index (κ3) is 11.4. The Morgan fingerprint density at radius 1 is 0.671 bits per heavy atom. The van der Waals surface area contributed by atoms with Crippen molar-refractivity contribution < 1.29 is 96.0 Å². The highest BCUT2D eigenvalue weighted by Gasteiger charge is 2.75. The van der Waals surface area contributed by atoms with Crippen LogP contribution in [-0.2, 0) is 80.7 Å². The van der Waals surface area contributed by atoms with Gasteiger partial charge in [0.1, 0.15) is 54.6 Å². The van der Waals surface area contributed by atoms with Crippen LogP contribution in [0.15, 0.2) is 11.6 Å². The molecule has 0 amide bonds. The monoisotopic (exact) mass is 1080 g/mol. The number of esters is 2. The highest BCUT2D eigenvalue weighted by Crippen LogP contribution is 2.69. The van der Waals surface area contributed by atoms with Crippen LogP contribution in [0.1, 0.15) is 133 Å². The predicted molar refractivity (Wildman–Crippen MR) is 269 cm³/mol. The molecule has 20 nitrogen and oxygen atoms in total. The van der Waals surface area contributed by atoms with E-state index in [4.69, 9.17) is 66.3 Å². The van der Waals surface area contributed by atoms with Crippen molar-refractivity contribution >= 4 is 17.7 Å². The molecule has 76 heavy (non-hydrogen) atoms. The van der Waals surface area contributed by atoms with Gasteiger partial charge in [-0.05, 0) is 90.4 Å². The quantitative estimate of drug-likeness (QED) is 0.130. The average molecular weight is 1080 g/mol. The first kappa shape index (κ1) is 59.9. The molecule has 4 heterocycles. The number of methoxy groups -OCH3 is 4. The Bertz CT molecular complexity index is 2040. The molecular weight excluding hydrogens is 993 g/mol. The van der Waals surface area contributed by atoms with Crippen LogP contribution in [0.3, 0.4) is 0 Å². The molecule has 0 spiro atoms. The summed E-state index contributed by atoms with van der Waals surface area (Å²) in [5.74, 6) is -2.34. The molecule has 0 unspecified atom stereocenters. The molecule has 20 heteroatoms. The second-order valence-electron chi connectivity index (χ2n) is 24.0. The fourth-order valence-electron chi connectivity index (χ4n) is 15.1. The lowest BCUT2D eigenvalue weighted by molar-refractivity contribution is -0.355. The van der Waals surface area contributed by atoms with Gasteiger partial charge in [0.05, 0.1) is 54.4 Å². The molecule has 8 aliphatic rings. The average Bonchev–Trinajstić information content (AvgIpc) is 3.87. The summed E-state index contributed by atoms with van der Waals surface area (Å²) in [6.45, 7) is 18.2. The molecule has 26 atom stereocenters. The minimum absolute atomic E-state index is 0.0132. The molecule has 3 saturated carbocycles. The van der Waals surface area contributed by atoms with Gasteiger partial charge in [-0.1, -0.05) is 39.3 Å². The Morgan fingerprint density at radius 3 is 1.71 bits per heavy atom. The molecule has 4 saturated heterocycles. The summed E-state index contributed by atoms with van der Waals surface area (Å²) in [7, 11) is 6.27. The molecule has 0 aromatic rings. The van der Waals surface area contributed by atoms with Crippen molar-refractivity contribution in [3.63, 3.8) is 0 Å². The standard InChI is InChI=1S/C56H90O20/c1-26(2)21-40(59)73-52-50(71-32(8)58)44-36(56(62)20-18-35(27(3)57)55(52,56)10)16-15-33-22-34(17-19-54(33,44)9)72-41-23-37(63-11)47(29(5)67-41)74-42-24-38(64-12)48(30(6)68-42)75-43-25-39(65-13)49(31(7)69-43)76-53-46(61)51(66-14)45(60)28(4)70-53/h15,26,28-31,34-39,41-53,60-62H,16-25H2,1-14H3/t28-,29-,30+,31-,34+,35-,36-,37+,38-,39-,41-,42-,43-,44+,45+,46-,47-,48-,49+,50-,51+,52+,53-,54+,55-,56+/m1/s1. The first-order valence-corrected chi connectivity index (χ1v) is 27.9. The fourth-order valence-corrected chi connectivity index (χ4v) is 15.1. The highest BCUT2D eigenvalue weighted by atomic mass is 16.8. The van der Waals surface area contributed by atoms with Gasteiger partial charge in [0.15, 0.2) is 25.2 Å². The van der Waals surface area contributed by atoms with Gasteiger partial charge >= 0.3 is 11.9 Å². The molecule has 4 aliphatic heterocycles. The third-order valence-electron chi connectivity index (χ3n) is 19.0. The number of aliphatic hydroxyl groups excluding tert-OH is 2. The number of carbonyl (C=O) groups is 3. The Morgan fingerprint density at radius 2 is 1.21 bits per heavy atom. The van der Waals surface area contributed by atoms with Crippen molar-refractivity contribution in [3.8, 4) is 0 Å². The number of Topliss-reactive ketones (excluding diaryl/α,β-unsaturated/α-hetero) is 1. The number of ketones is 1. The first-order chi connectivity index (χ1) is 35.9. The summed E-state index contributed by atoms with van der Waals surface area (Å²) in [4.78, 5) is 40.0. The summed E-state index contributed by atoms with van der Waals surface area (Å²) in [5, 5.41) is 34.5. The smallest absolute Gasteiger partial charge is 0.306 e. The molecule has 3 N–H and O–H groups in total. The van der Waals surface area contributed by atoms with Gasteiger partial charge in [0.2, 0.25) is 0 Å². The molecule has 434 valence electrons. The van der Waals surface area contributed by atoms with E-state index in [-0.39, 0.29) is 30.1 Å². The predicted octanol–water partition coefficient (Wildman–Crippen LogP) is 4.85. The lowest BCUT2D eigenvalue weighted by Crippen LogP contribution is -2.72. The Balaban J connectivity index is 0.886. The van der Waals surface area contributed by atoms with Crippen molar-refractivity contribution in [1.82, 2.24) is 0 Å². The van der Waals surface area contributed by atoms with E-state index in [1.54, 1.807) is 28.3 Å². The van der Waals surface area contributed by atoms with E-state index >= 15 is 0 Å². The zero-order valence-corrected chi connectivity index (χ0v) is 47.3. The number of ether oxygens (including phenoxy) is 14. The Kier molecular flexibility index (Phi) is 19.0. The van der Waals surface area contributed by atoms with Crippen LogP contribution in [0.5, 0.6) is 0 Å². The maximum absolute atomic E-state index is 13.6.